The van der Waals surface area contributed by atoms with Crippen LogP contribution in [0.2, 0.25) is 0 Å². The third-order valence-corrected chi connectivity index (χ3v) is 6.66. The predicted molar refractivity (Wildman–Crippen MR) is 143 cm³/mol. The molecule has 5 heteroatoms. The maximum atomic E-state index is 13.5. The van der Waals surface area contributed by atoms with E-state index in [0.29, 0.717) is 6.42 Å². The van der Waals surface area contributed by atoms with Crippen LogP contribution in [0, 0.1) is 5.92 Å². The first-order chi connectivity index (χ1) is 16.9. The molecule has 1 aliphatic heterocycles. The molecule has 3 aromatic rings. The predicted octanol–water partition coefficient (Wildman–Crippen LogP) is 5.65. The van der Waals surface area contributed by atoms with Crippen LogP contribution in [0.3, 0.4) is 0 Å². The van der Waals surface area contributed by atoms with Gasteiger partial charge in [-0.25, -0.2) is 0 Å². The van der Waals surface area contributed by atoms with Gasteiger partial charge in [0, 0.05) is 11.1 Å². The second-order valence-corrected chi connectivity index (χ2v) is 9.53. The van der Waals surface area contributed by atoms with Crippen LogP contribution in [0.5, 0.6) is 0 Å². The highest BCUT2D eigenvalue weighted by Crippen LogP contribution is 2.47. The van der Waals surface area contributed by atoms with Crippen LogP contribution >= 0.6 is 12.2 Å². The van der Waals surface area contributed by atoms with E-state index >= 15 is 0 Å². The van der Waals surface area contributed by atoms with Gasteiger partial charge in [-0.15, -0.1) is 0 Å². The van der Waals surface area contributed by atoms with Gasteiger partial charge in [-0.3, -0.25) is 9.69 Å². The van der Waals surface area contributed by atoms with Gasteiger partial charge in [-0.2, -0.15) is 0 Å². The van der Waals surface area contributed by atoms with E-state index in [9.17, 15) is 9.90 Å². The molecule has 0 saturated carbocycles. The maximum Gasteiger partial charge on any atom is 0.267 e. The SMILES string of the molecule is CC(C)[C@@H]1N(C(=O)C[C@@H](O)/C=C/Cc2ccccc2)C(=S)OC1(c1ccccc1)c1ccccc1. The number of aliphatic hydroxyl groups excluding tert-OH is 1. The normalized spacial score (nSPS) is 18.1. The average molecular weight is 486 g/mol. The lowest BCUT2D eigenvalue weighted by Crippen LogP contribution is -2.50. The lowest BCUT2D eigenvalue weighted by atomic mass is 9.75. The van der Waals surface area contributed by atoms with Crippen LogP contribution in [-0.4, -0.2) is 33.2 Å². The highest BCUT2D eigenvalue weighted by atomic mass is 32.1. The summed E-state index contributed by atoms with van der Waals surface area (Å²) in [5.41, 5.74) is 2.08. The van der Waals surface area contributed by atoms with E-state index in [2.05, 4.69) is 13.8 Å². The molecule has 1 aliphatic rings. The van der Waals surface area contributed by atoms with Crippen LogP contribution in [0.4, 0.5) is 0 Å². The fourth-order valence-electron chi connectivity index (χ4n) is 4.89. The molecule has 0 bridgehead atoms. The van der Waals surface area contributed by atoms with Gasteiger partial charge in [-0.05, 0) is 30.1 Å². The van der Waals surface area contributed by atoms with Crippen molar-refractivity contribution in [3.8, 4) is 0 Å². The zero-order valence-electron chi connectivity index (χ0n) is 20.1. The van der Waals surface area contributed by atoms with Crippen molar-refractivity contribution in [2.75, 3.05) is 0 Å². The molecule has 35 heavy (non-hydrogen) atoms. The number of hydrogen-bond acceptors (Lipinski definition) is 4. The van der Waals surface area contributed by atoms with Gasteiger partial charge in [0.15, 0.2) is 5.60 Å². The van der Waals surface area contributed by atoms with Crippen molar-refractivity contribution < 1.29 is 14.6 Å². The Morgan fingerprint density at radius 2 is 1.49 bits per heavy atom. The lowest BCUT2D eigenvalue weighted by Gasteiger charge is -2.38. The number of carbonyl (C=O) groups is 1. The molecule has 180 valence electrons. The summed E-state index contributed by atoms with van der Waals surface area (Å²) < 4.78 is 6.49. The molecule has 1 N–H and O–H groups in total. The van der Waals surface area contributed by atoms with Crippen molar-refractivity contribution in [3.63, 3.8) is 0 Å². The van der Waals surface area contributed by atoms with Crippen LogP contribution in [0.25, 0.3) is 0 Å². The first kappa shape index (κ1) is 24.8. The molecule has 1 saturated heterocycles. The molecule has 1 amide bonds. The first-order valence-electron chi connectivity index (χ1n) is 12.0. The standard InChI is InChI=1S/C30H31NO3S/c1-22(2)28-30(24-16-8-4-9-17-24,25-18-10-5-11-19-25)34-29(35)31(28)27(33)21-26(32)20-12-15-23-13-6-3-7-14-23/h3-14,16-20,22,26,28,32H,15,21H2,1-2H3/b20-12+/t26-,28-/m0/s1. The van der Waals surface area contributed by atoms with E-state index in [0.717, 1.165) is 16.7 Å². The Kier molecular flexibility index (Phi) is 7.79. The van der Waals surface area contributed by atoms with E-state index in [-0.39, 0.29) is 29.5 Å². The maximum absolute atomic E-state index is 13.5. The van der Waals surface area contributed by atoms with E-state index in [4.69, 9.17) is 17.0 Å². The van der Waals surface area contributed by atoms with Gasteiger partial charge in [0.25, 0.3) is 5.17 Å². The van der Waals surface area contributed by atoms with E-state index in [1.54, 1.807) is 11.0 Å². The minimum atomic E-state index is -0.933. The average Bonchev–Trinajstić information content (AvgIpc) is 3.20. The van der Waals surface area contributed by atoms with Crippen LogP contribution in [0.15, 0.2) is 103 Å². The number of nitrogens with zero attached hydrogens (tertiary/aromatic N) is 1. The Hall–Kier alpha value is -3.28. The second kappa shape index (κ2) is 11.0. The number of ether oxygens (including phenoxy) is 1. The molecule has 0 unspecified atom stereocenters. The Morgan fingerprint density at radius 3 is 2.00 bits per heavy atom. The van der Waals surface area contributed by atoms with Crippen molar-refractivity contribution >= 4 is 23.3 Å². The topological polar surface area (TPSA) is 49.8 Å². The number of aliphatic hydroxyl groups is 1. The molecule has 1 heterocycles. The first-order valence-corrected chi connectivity index (χ1v) is 12.4. The molecule has 0 spiro atoms. The van der Waals surface area contributed by atoms with Gasteiger partial charge >= 0.3 is 0 Å². The largest absolute Gasteiger partial charge is 0.452 e. The smallest absolute Gasteiger partial charge is 0.267 e. The molecular formula is C30H31NO3S. The fourth-order valence-corrected chi connectivity index (χ4v) is 5.23. The van der Waals surface area contributed by atoms with Gasteiger partial charge in [0.1, 0.15) is 0 Å². The summed E-state index contributed by atoms with van der Waals surface area (Å²) in [4.78, 5) is 15.1. The van der Waals surface area contributed by atoms with Gasteiger partial charge in [0.2, 0.25) is 5.91 Å². The highest BCUT2D eigenvalue weighted by molar-refractivity contribution is 7.80. The number of benzene rings is 3. The third kappa shape index (κ3) is 5.21. The van der Waals surface area contributed by atoms with Crippen molar-refractivity contribution in [3.05, 3.63) is 120 Å². The van der Waals surface area contributed by atoms with Crippen LogP contribution < -0.4 is 0 Å². The van der Waals surface area contributed by atoms with Crippen molar-refractivity contribution in [1.29, 1.82) is 0 Å². The minimum Gasteiger partial charge on any atom is -0.452 e. The van der Waals surface area contributed by atoms with E-state index in [1.165, 1.54) is 0 Å². The summed E-state index contributed by atoms with van der Waals surface area (Å²) >= 11 is 5.65. The lowest BCUT2D eigenvalue weighted by molar-refractivity contribution is -0.131. The van der Waals surface area contributed by atoms with E-state index < -0.39 is 11.7 Å². The number of rotatable bonds is 8. The zero-order chi connectivity index (χ0) is 24.8. The summed E-state index contributed by atoms with van der Waals surface area (Å²) in [5, 5.41) is 10.8. The molecular weight excluding hydrogens is 454 g/mol. The number of amides is 1. The third-order valence-electron chi connectivity index (χ3n) is 6.38. The van der Waals surface area contributed by atoms with Crippen molar-refractivity contribution in [2.24, 2.45) is 5.92 Å². The highest BCUT2D eigenvalue weighted by Gasteiger charge is 2.57. The molecule has 4 rings (SSSR count). The van der Waals surface area contributed by atoms with Gasteiger partial charge in [-0.1, -0.05) is 117 Å². The van der Waals surface area contributed by atoms with Crippen molar-refractivity contribution in [1.82, 2.24) is 4.90 Å². The number of allylic oxidation sites excluding steroid dienone is 1. The summed E-state index contributed by atoms with van der Waals surface area (Å²) in [6.45, 7) is 4.14. The molecule has 2 atom stereocenters. The van der Waals surface area contributed by atoms with Gasteiger partial charge < -0.3 is 9.84 Å². The van der Waals surface area contributed by atoms with Crippen LogP contribution in [-0.2, 0) is 21.6 Å². The zero-order valence-corrected chi connectivity index (χ0v) is 20.9. The quantitative estimate of drug-likeness (QED) is 0.331. The summed E-state index contributed by atoms with van der Waals surface area (Å²) in [6, 6.07) is 29.5. The minimum absolute atomic E-state index is 0.0329. The molecule has 0 radical (unpaired) electrons. The molecule has 3 aromatic carbocycles. The van der Waals surface area contributed by atoms with Crippen molar-refractivity contribution in [2.45, 2.75) is 44.4 Å². The monoisotopic (exact) mass is 485 g/mol. The molecule has 1 fully saturated rings. The van der Waals surface area contributed by atoms with Gasteiger partial charge in [0.05, 0.1) is 18.6 Å². The summed E-state index contributed by atoms with van der Waals surface area (Å²) in [7, 11) is 0. The number of thiocarbonyl (C=S) groups is 1. The van der Waals surface area contributed by atoms with E-state index in [1.807, 2.05) is 97.1 Å². The van der Waals surface area contributed by atoms with Crippen LogP contribution in [0.1, 0.15) is 37.0 Å². The second-order valence-electron chi connectivity index (χ2n) is 9.18. The summed E-state index contributed by atoms with van der Waals surface area (Å²) in [6.07, 6.45) is 3.28. The molecule has 4 nitrogen and oxygen atoms in total. The molecule has 0 aromatic heterocycles. The molecule has 0 aliphatic carbocycles. The Morgan fingerprint density at radius 1 is 0.971 bits per heavy atom. The Labute approximate surface area is 212 Å². The number of hydrogen-bond donors (Lipinski definition) is 1. The summed E-state index contributed by atoms with van der Waals surface area (Å²) in [5.74, 6) is -0.218. The number of carbonyl (C=O) groups excluding carboxylic acids is 1. The Bertz CT molecular complexity index is 1120. The Balaban J connectivity index is 1.61. The fraction of sp³-hybridized carbons (Fsp3) is 0.267.